The molecule has 1 aromatic rings. The number of carbonyl (C=O) groups excluding carboxylic acids is 1. The zero-order chi connectivity index (χ0) is 13.7. The molecular formula is C15H24N2O2. The van der Waals surface area contributed by atoms with Crippen molar-refractivity contribution in [2.75, 3.05) is 26.2 Å². The molecule has 0 spiro atoms. The first kappa shape index (κ1) is 14.1. The molecule has 2 rings (SSSR count). The van der Waals surface area contributed by atoms with Crippen molar-refractivity contribution in [3.8, 4) is 0 Å². The number of amides is 1. The van der Waals surface area contributed by atoms with Gasteiger partial charge in [-0.3, -0.25) is 9.69 Å². The highest BCUT2D eigenvalue weighted by atomic mass is 16.3. The molecule has 4 heteroatoms. The Balaban J connectivity index is 1.91. The van der Waals surface area contributed by atoms with Crippen molar-refractivity contribution < 1.29 is 9.21 Å². The van der Waals surface area contributed by atoms with Gasteiger partial charge < -0.3 is 9.32 Å². The van der Waals surface area contributed by atoms with Gasteiger partial charge in [0.05, 0.1) is 18.7 Å². The Bertz CT molecular complexity index is 385. The highest BCUT2D eigenvalue weighted by Gasteiger charge is 2.28. The van der Waals surface area contributed by atoms with Gasteiger partial charge in [0, 0.05) is 19.6 Å². The Morgan fingerprint density at radius 1 is 1.47 bits per heavy atom. The standard InChI is InChI=1S/C15H24N2O2/c1-3-17(4-2)15(18)13-7-5-9-16(11-13)12-14-8-6-10-19-14/h6,8,10,13H,3-5,7,9,11-12H2,1-2H3/t13-/m1/s1. The SMILES string of the molecule is CCN(CC)C(=O)[C@@H]1CCCN(Cc2ccco2)C1. The molecule has 1 aliphatic rings. The maximum absolute atomic E-state index is 12.4. The zero-order valence-electron chi connectivity index (χ0n) is 12.0. The van der Waals surface area contributed by atoms with Crippen LogP contribution < -0.4 is 0 Å². The summed E-state index contributed by atoms with van der Waals surface area (Å²) in [6, 6.07) is 3.91. The minimum absolute atomic E-state index is 0.156. The first-order chi connectivity index (χ1) is 9.24. The lowest BCUT2D eigenvalue weighted by molar-refractivity contribution is -0.137. The van der Waals surface area contributed by atoms with Crippen molar-refractivity contribution in [3.05, 3.63) is 24.2 Å². The van der Waals surface area contributed by atoms with Crippen molar-refractivity contribution in [2.24, 2.45) is 5.92 Å². The molecule has 0 unspecified atom stereocenters. The fourth-order valence-electron chi connectivity index (χ4n) is 2.82. The van der Waals surface area contributed by atoms with E-state index in [1.54, 1.807) is 6.26 Å². The quantitative estimate of drug-likeness (QED) is 0.819. The van der Waals surface area contributed by atoms with Crippen molar-refractivity contribution in [1.82, 2.24) is 9.80 Å². The Kier molecular flexibility index (Phi) is 5.02. The van der Waals surface area contributed by atoms with E-state index in [0.717, 1.165) is 51.3 Å². The van der Waals surface area contributed by atoms with Gasteiger partial charge in [-0.05, 0) is 45.4 Å². The van der Waals surface area contributed by atoms with Crippen molar-refractivity contribution >= 4 is 5.91 Å². The van der Waals surface area contributed by atoms with Crippen LogP contribution in [0.4, 0.5) is 0 Å². The van der Waals surface area contributed by atoms with Crippen molar-refractivity contribution in [3.63, 3.8) is 0 Å². The number of piperidine rings is 1. The fraction of sp³-hybridized carbons (Fsp3) is 0.667. The van der Waals surface area contributed by atoms with Crippen LogP contribution in [0, 0.1) is 5.92 Å². The van der Waals surface area contributed by atoms with E-state index >= 15 is 0 Å². The topological polar surface area (TPSA) is 36.7 Å². The van der Waals surface area contributed by atoms with E-state index in [9.17, 15) is 4.79 Å². The molecule has 0 saturated carbocycles. The van der Waals surface area contributed by atoms with Crippen LogP contribution in [-0.2, 0) is 11.3 Å². The van der Waals surface area contributed by atoms with Crippen molar-refractivity contribution in [1.29, 1.82) is 0 Å². The van der Waals surface area contributed by atoms with E-state index in [1.807, 2.05) is 30.9 Å². The van der Waals surface area contributed by atoms with Gasteiger partial charge >= 0.3 is 0 Å². The summed E-state index contributed by atoms with van der Waals surface area (Å²) in [5, 5.41) is 0. The number of furan rings is 1. The Morgan fingerprint density at radius 2 is 2.26 bits per heavy atom. The zero-order valence-corrected chi connectivity index (χ0v) is 12.0. The van der Waals surface area contributed by atoms with E-state index in [4.69, 9.17) is 4.42 Å². The third-order valence-electron chi connectivity index (χ3n) is 3.89. The second-order valence-electron chi connectivity index (χ2n) is 5.16. The minimum atomic E-state index is 0.156. The molecule has 1 fully saturated rings. The van der Waals surface area contributed by atoms with Crippen LogP contribution in [0.25, 0.3) is 0 Å². The molecule has 1 aromatic heterocycles. The van der Waals surface area contributed by atoms with Gasteiger partial charge in [-0.15, -0.1) is 0 Å². The second kappa shape index (κ2) is 6.75. The summed E-state index contributed by atoms with van der Waals surface area (Å²) >= 11 is 0. The summed E-state index contributed by atoms with van der Waals surface area (Å²) in [4.78, 5) is 16.7. The molecule has 0 radical (unpaired) electrons. The van der Waals surface area contributed by atoms with Gasteiger partial charge in [0.25, 0.3) is 0 Å². The first-order valence-corrected chi connectivity index (χ1v) is 7.28. The van der Waals surface area contributed by atoms with E-state index in [0.29, 0.717) is 5.91 Å². The van der Waals surface area contributed by atoms with Crippen LogP contribution in [0.1, 0.15) is 32.4 Å². The molecule has 19 heavy (non-hydrogen) atoms. The van der Waals surface area contributed by atoms with Gasteiger partial charge in [0.15, 0.2) is 0 Å². The maximum atomic E-state index is 12.4. The fourth-order valence-corrected chi connectivity index (χ4v) is 2.82. The predicted octanol–water partition coefficient (Wildman–Crippen LogP) is 2.36. The third-order valence-corrected chi connectivity index (χ3v) is 3.89. The van der Waals surface area contributed by atoms with Gasteiger partial charge in [-0.25, -0.2) is 0 Å². The summed E-state index contributed by atoms with van der Waals surface area (Å²) in [5.41, 5.74) is 0. The van der Waals surface area contributed by atoms with Crippen LogP contribution in [-0.4, -0.2) is 41.9 Å². The third kappa shape index (κ3) is 3.60. The lowest BCUT2D eigenvalue weighted by Crippen LogP contribution is -2.44. The molecule has 1 aliphatic heterocycles. The number of hydrogen-bond acceptors (Lipinski definition) is 3. The monoisotopic (exact) mass is 264 g/mol. The van der Waals surface area contributed by atoms with E-state index in [2.05, 4.69) is 4.90 Å². The molecule has 1 atom stereocenters. The lowest BCUT2D eigenvalue weighted by Gasteiger charge is -2.34. The smallest absolute Gasteiger partial charge is 0.226 e. The number of hydrogen-bond donors (Lipinski definition) is 0. The summed E-state index contributed by atoms with van der Waals surface area (Å²) < 4.78 is 5.38. The number of rotatable bonds is 5. The summed E-state index contributed by atoms with van der Waals surface area (Å²) in [6.45, 7) is 8.44. The average Bonchev–Trinajstić information content (AvgIpc) is 2.93. The highest BCUT2D eigenvalue weighted by molar-refractivity contribution is 5.79. The van der Waals surface area contributed by atoms with Gasteiger partial charge in [0.2, 0.25) is 5.91 Å². The lowest BCUT2D eigenvalue weighted by atomic mass is 9.96. The molecule has 1 saturated heterocycles. The van der Waals surface area contributed by atoms with Crippen LogP contribution in [0.2, 0.25) is 0 Å². The minimum Gasteiger partial charge on any atom is -0.468 e. The summed E-state index contributed by atoms with van der Waals surface area (Å²) in [5.74, 6) is 1.45. The van der Waals surface area contributed by atoms with E-state index in [1.165, 1.54) is 0 Å². The van der Waals surface area contributed by atoms with Gasteiger partial charge in [-0.2, -0.15) is 0 Å². The molecule has 4 nitrogen and oxygen atoms in total. The Morgan fingerprint density at radius 3 is 2.89 bits per heavy atom. The summed E-state index contributed by atoms with van der Waals surface area (Å²) in [7, 11) is 0. The molecule has 0 aromatic carbocycles. The number of nitrogens with zero attached hydrogens (tertiary/aromatic N) is 2. The van der Waals surface area contributed by atoms with Crippen LogP contribution in [0.3, 0.4) is 0 Å². The van der Waals surface area contributed by atoms with E-state index < -0.39 is 0 Å². The van der Waals surface area contributed by atoms with Crippen LogP contribution >= 0.6 is 0 Å². The molecular weight excluding hydrogens is 240 g/mol. The number of likely N-dealkylation sites (tertiary alicyclic amines) is 1. The van der Waals surface area contributed by atoms with Crippen LogP contribution in [0.15, 0.2) is 22.8 Å². The van der Waals surface area contributed by atoms with Crippen LogP contribution in [0.5, 0.6) is 0 Å². The predicted molar refractivity (Wildman–Crippen MR) is 74.6 cm³/mol. The Labute approximate surface area is 115 Å². The molecule has 106 valence electrons. The molecule has 0 aliphatic carbocycles. The van der Waals surface area contributed by atoms with E-state index in [-0.39, 0.29) is 5.92 Å². The molecule has 1 amide bonds. The maximum Gasteiger partial charge on any atom is 0.226 e. The highest BCUT2D eigenvalue weighted by Crippen LogP contribution is 2.20. The Hall–Kier alpha value is -1.29. The van der Waals surface area contributed by atoms with Gasteiger partial charge in [-0.1, -0.05) is 0 Å². The second-order valence-corrected chi connectivity index (χ2v) is 5.16. The average molecular weight is 264 g/mol. The number of carbonyl (C=O) groups is 1. The molecule has 0 bridgehead atoms. The normalized spacial score (nSPS) is 20.4. The largest absolute Gasteiger partial charge is 0.468 e. The molecule has 0 N–H and O–H groups in total. The summed E-state index contributed by atoms with van der Waals surface area (Å²) in [6.07, 6.45) is 3.82. The molecule has 2 heterocycles. The van der Waals surface area contributed by atoms with Gasteiger partial charge in [0.1, 0.15) is 5.76 Å². The van der Waals surface area contributed by atoms with Crippen molar-refractivity contribution in [2.45, 2.75) is 33.2 Å². The first-order valence-electron chi connectivity index (χ1n) is 7.28.